The molecule has 0 radical (unpaired) electrons. The number of Topliss-reactive ketones (excluding diaryl/α,β-unsaturated/α-hetero) is 2. The monoisotopic (exact) mass is 789 g/mol. The minimum Gasteiger partial charge on any atom is -0.456 e. The second kappa shape index (κ2) is 20.8. The molecule has 0 aromatic heterocycles. The maximum atomic E-state index is 14.2. The summed E-state index contributed by atoms with van der Waals surface area (Å²) in [6.45, 7) is 10.9. The van der Waals surface area contributed by atoms with Crippen molar-refractivity contribution < 1.29 is 58.9 Å². The third kappa shape index (κ3) is 11.2. The molecule has 0 unspecified atom stereocenters. The first-order valence-electron chi connectivity index (χ1n) is 20.6. The molecule has 5 N–H and O–H groups in total. The van der Waals surface area contributed by atoms with E-state index < -0.39 is 77.8 Å². The second-order valence-corrected chi connectivity index (χ2v) is 17.1. The van der Waals surface area contributed by atoms with Gasteiger partial charge in [0.25, 0.3) is 11.7 Å². The molecule has 1 amide bonds. The molecule has 13 nitrogen and oxygen atoms in total. The number of carbonyl (C=O) groups is 4. The SMILES string of the molecule is C=CC[C@@H]1/C=C(\C)C[C@H](C)C[C@H](OC)[C@H]2O[C@](O)(CC[C@@H]2CO)C(=O)C(=O)N2CCCC[C@H]2C(=O)O[C@H](/C(C)=C/[C@@H]2CC[C@@H](O)[C@H](CO)C2)[C@H](C)[C@@H](O)CC1=O. The molecule has 13 heteroatoms. The van der Waals surface area contributed by atoms with Gasteiger partial charge in [0, 0.05) is 63.4 Å². The Morgan fingerprint density at radius 3 is 2.38 bits per heavy atom. The van der Waals surface area contributed by atoms with Gasteiger partial charge in [-0.25, -0.2) is 4.79 Å². The van der Waals surface area contributed by atoms with Crippen molar-refractivity contribution >= 4 is 23.4 Å². The summed E-state index contributed by atoms with van der Waals surface area (Å²) in [6, 6.07) is -1.16. The molecule has 3 aliphatic heterocycles. The van der Waals surface area contributed by atoms with Crippen molar-refractivity contribution in [2.45, 2.75) is 147 Å². The molecule has 316 valence electrons. The van der Waals surface area contributed by atoms with E-state index in [0.717, 1.165) is 10.5 Å². The molecule has 3 heterocycles. The van der Waals surface area contributed by atoms with E-state index in [4.69, 9.17) is 14.2 Å². The van der Waals surface area contributed by atoms with Gasteiger partial charge in [0.1, 0.15) is 17.9 Å². The average molecular weight is 790 g/mol. The number of piperidine rings is 1. The molecule has 0 aromatic rings. The lowest BCUT2D eigenvalue weighted by atomic mass is 9.78. The Kier molecular flexibility index (Phi) is 17.0. The summed E-state index contributed by atoms with van der Waals surface area (Å²) >= 11 is 0. The van der Waals surface area contributed by atoms with E-state index in [9.17, 15) is 44.7 Å². The highest BCUT2D eigenvalue weighted by atomic mass is 16.6. The van der Waals surface area contributed by atoms with Crippen LogP contribution in [0.5, 0.6) is 0 Å². The number of hydrogen-bond acceptors (Lipinski definition) is 12. The predicted molar refractivity (Wildman–Crippen MR) is 208 cm³/mol. The van der Waals surface area contributed by atoms with Gasteiger partial charge in [-0.05, 0) is 95.5 Å². The summed E-state index contributed by atoms with van der Waals surface area (Å²) < 4.78 is 18.2. The highest BCUT2D eigenvalue weighted by molar-refractivity contribution is 6.39. The van der Waals surface area contributed by atoms with Crippen molar-refractivity contribution in [1.82, 2.24) is 4.90 Å². The van der Waals surface area contributed by atoms with E-state index in [-0.39, 0.29) is 69.0 Å². The number of rotatable bonds is 7. The number of nitrogens with zero attached hydrogens (tertiary/aromatic N) is 1. The quantitative estimate of drug-likeness (QED) is 0.143. The number of aliphatic hydroxyl groups is 5. The van der Waals surface area contributed by atoms with E-state index in [1.807, 2.05) is 26.0 Å². The maximum Gasteiger partial charge on any atom is 0.329 e. The van der Waals surface area contributed by atoms with Gasteiger partial charge >= 0.3 is 5.97 Å². The molecule has 3 fully saturated rings. The lowest BCUT2D eigenvalue weighted by molar-refractivity contribution is -0.274. The van der Waals surface area contributed by atoms with Gasteiger partial charge in [0.15, 0.2) is 0 Å². The number of fused-ring (bicyclic) bond motifs is 3. The lowest BCUT2D eigenvalue weighted by Gasteiger charge is -2.44. The molecule has 4 rings (SSSR count). The van der Waals surface area contributed by atoms with Crippen LogP contribution in [-0.2, 0) is 33.4 Å². The fourth-order valence-electron chi connectivity index (χ4n) is 9.32. The van der Waals surface area contributed by atoms with Crippen molar-refractivity contribution in [2.75, 3.05) is 26.9 Å². The van der Waals surface area contributed by atoms with E-state index in [1.54, 1.807) is 19.9 Å². The fraction of sp³-hybridized carbons (Fsp3) is 0.767. The van der Waals surface area contributed by atoms with Crippen LogP contribution < -0.4 is 0 Å². The highest BCUT2D eigenvalue weighted by Crippen LogP contribution is 2.38. The van der Waals surface area contributed by atoms with Crippen LogP contribution in [-0.4, -0.2) is 123 Å². The number of allylic oxidation sites excluding steroid dienone is 4. The minimum absolute atomic E-state index is 0.0152. The van der Waals surface area contributed by atoms with Gasteiger partial charge < -0.3 is 44.6 Å². The van der Waals surface area contributed by atoms with Crippen LogP contribution in [0.2, 0.25) is 0 Å². The number of ether oxygens (including phenoxy) is 3. The molecule has 4 aliphatic rings. The first kappa shape index (κ1) is 45.9. The summed E-state index contributed by atoms with van der Waals surface area (Å²) in [5.74, 6) is -7.93. The van der Waals surface area contributed by atoms with Crippen molar-refractivity contribution in [3.8, 4) is 0 Å². The van der Waals surface area contributed by atoms with Crippen molar-refractivity contribution in [1.29, 1.82) is 0 Å². The van der Waals surface area contributed by atoms with Crippen LogP contribution in [0.1, 0.15) is 105 Å². The van der Waals surface area contributed by atoms with Crippen LogP contribution in [0.15, 0.2) is 36.0 Å². The van der Waals surface area contributed by atoms with E-state index in [2.05, 4.69) is 6.58 Å². The number of aliphatic hydroxyl groups excluding tert-OH is 4. The smallest absolute Gasteiger partial charge is 0.329 e. The molecule has 0 spiro atoms. The molecule has 1 aliphatic carbocycles. The van der Waals surface area contributed by atoms with Gasteiger partial charge in [-0.2, -0.15) is 0 Å². The van der Waals surface area contributed by atoms with Gasteiger partial charge in [0.2, 0.25) is 5.79 Å². The zero-order valence-corrected chi connectivity index (χ0v) is 34.0. The molecule has 0 aromatic carbocycles. The largest absolute Gasteiger partial charge is 0.456 e. The summed E-state index contributed by atoms with van der Waals surface area (Å²) in [7, 11) is 1.49. The molecule has 56 heavy (non-hydrogen) atoms. The van der Waals surface area contributed by atoms with E-state index in [1.165, 1.54) is 7.11 Å². The van der Waals surface area contributed by atoms with Gasteiger partial charge in [-0.3, -0.25) is 14.4 Å². The third-order valence-electron chi connectivity index (χ3n) is 12.7. The Hall–Kier alpha value is -2.78. The Morgan fingerprint density at radius 1 is 1.00 bits per heavy atom. The van der Waals surface area contributed by atoms with Crippen LogP contribution >= 0.6 is 0 Å². The topological polar surface area (TPSA) is 200 Å². The van der Waals surface area contributed by atoms with Crippen LogP contribution in [0.4, 0.5) is 0 Å². The number of carbonyl (C=O) groups excluding carboxylic acids is 4. The van der Waals surface area contributed by atoms with Gasteiger partial charge in [-0.15, -0.1) is 6.58 Å². The standard InChI is InChI=1S/C43H67NO12/c1-7-10-30-18-25(2)17-26(3)19-37(54-6)39-31(23-45)14-15-43(53,56-39)40(50)41(51)44-16-9-8-11-33(44)42(52)55-38(28(5)35(48)22-36(30)49)27(4)20-29-12-13-34(47)32(21-29)24-46/h7,18,20,26,28-35,37-39,45-48,53H,1,8-17,19,21-24H2,2-6H3/b25-18+,27-20+/t26-,28+,29-,30+,31+,32-,33-,34+,35-,37-,38+,39-,43+/m0/s1. The number of hydrogen-bond donors (Lipinski definition) is 5. The second-order valence-electron chi connectivity index (χ2n) is 17.1. The summed E-state index contributed by atoms with van der Waals surface area (Å²) in [6.07, 6.45) is 5.12. The minimum atomic E-state index is -2.51. The Balaban J connectivity index is 1.76. The lowest BCUT2D eigenvalue weighted by Crippen LogP contribution is -2.60. The summed E-state index contributed by atoms with van der Waals surface area (Å²) in [4.78, 5) is 57.2. The van der Waals surface area contributed by atoms with Crippen LogP contribution in [0.3, 0.4) is 0 Å². The predicted octanol–water partition coefficient (Wildman–Crippen LogP) is 3.58. The van der Waals surface area contributed by atoms with Crippen LogP contribution in [0.25, 0.3) is 0 Å². The van der Waals surface area contributed by atoms with Crippen molar-refractivity contribution in [2.24, 2.45) is 35.5 Å². The zero-order chi connectivity index (χ0) is 41.3. The summed E-state index contributed by atoms with van der Waals surface area (Å²) in [5.41, 5.74) is 1.55. The summed E-state index contributed by atoms with van der Waals surface area (Å²) in [5, 5.41) is 53.9. The van der Waals surface area contributed by atoms with Crippen molar-refractivity contribution in [3.05, 3.63) is 36.0 Å². The normalized spacial score (nSPS) is 40.1. The number of amides is 1. The van der Waals surface area contributed by atoms with Crippen molar-refractivity contribution in [3.63, 3.8) is 0 Å². The Morgan fingerprint density at radius 2 is 1.71 bits per heavy atom. The third-order valence-corrected chi connectivity index (χ3v) is 12.7. The van der Waals surface area contributed by atoms with Crippen LogP contribution in [0, 0.1) is 35.5 Å². The number of esters is 1. The Labute approximate surface area is 332 Å². The zero-order valence-electron chi connectivity index (χ0n) is 34.0. The van der Waals surface area contributed by atoms with E-state index in [0.29, 0.717) is 56.9 Å². The number of ketones is 2. The molecular formula is C43H67NO12. The maximum absolute atomic E-state index is 14.2. The molecule has 2 saturated heterocycles. The number of cyclic esters (lactones) is 1. The first-order chi connectivity index (χ1) is 26.6. The fourth-order valence-corrected chi connectivity index (χ4v) is 9.32. The Bertz CT molecular complexity index is 1450. The number of methoxy groups -OCH3 is 1. The molecule has 13 atom stereocenters. The molecule has 1 saturated carbocycles. The molecule has 2 bridgehead atoms. The molecular weight excluding hydrogens is 722 g/mol. The van der Waals surface area contributed by atoms with Gasteiger partial charge in [-0.1, -0.05) is 37.6 Å². The average Bonchev–Trinajstić information content (AvgIpc) is 3.18. The van der Waals surface area contributed by atoms with E-state index >= 15 is 0 Å². The first-order valence-corrected chi connectivity index (χ1v) is 20.6. The highest BCUT2D eigenvalue weighted by Gasteiger charge is 2.52. The van der Waals surface area contributed by atoms with Gasteiger partial charge in [0.05, 0.1) is 24.4 Å².